The molecule has 0 bridgehead atoms. The molecule has 26 heavy (non-hydrogen) atoms. The minimum absolute atomic E-state index is 0.0610. The lowest BCUT2D eigenvalue weighted by molar-refractivity contribution is -0.0573. The average molecular weight is 370 g/mol. The molecule has 1 heterocycles. The lowest BCUT2D eigenvalue weighted by atomic mass is 10.0. The molecule has 0 radical (unpaired) electrons. The molecule has 0 aromatic carbocycles. The molecule has 1 N–H and O–H groups in total. The fourth-order valence-electron chi connectivity index (χ4n) is 4.27. The van der Waals surface area contributed by atoms with Crippen LogP contribution >= 0.6 is 0 Å². The Kier molecular flexibility index (Phi) is 9.06. The summed E-state index contributed by atoms with van der Waals surface area (Å²) in [7, 11) is 0. The second-order valence-electron chi connectivity index (χ2n) is 10.5. The Bertz CT molecular complexity index is 391. The van der Waals surface area contributed by atoms with E-state index in [1.54, 1.807) is 0 Å². The van der Waals surface area contributed by atoms with Crippen LogP contribution in [-0.4, -0.2) is 71.3 Å². The van der Waals surface area contributed by atoms with Crippen molar-refractivity contribution in [2.75, 3.05) is 26.2 Å². The highest BCUT2D eigenvalue weighted by Crippen LogP contribution is 2.19. The molecule has 4 atom stereocenters. The van der Waals surface area contributed by atoms with Crippen LogP contribution in [0.15, 0.2) is 0 Å². The highest BCUT2D eigenvalue weighted by atomic mass is 16.5. The molecule has 0 spiro atoms. The standard InChI is InChI=1S/C22H47N3O/c1-17(23-18(2)16-20(4)26-22(8,9)10)15-19(3)24-11-13-25(14-12-24)21(5,6)7/h17-20,23H,11-16H2,1-10H3. The molecule has 1 rings (SSSR count). The first-order valence-electron chi connectivity index (χ1n) is 10.7. The van der Waals surface area contributed by atoms with Crippen LogP contribution in [0, 0.1) is 0 Å². The highest BCUT2D eigenvalue weighted by Gasteiger charge is 2.28. The summed E-state index contributed by atoms with van der Waals surface area (Å²) in [5, 5.41) is 3.78. The second-order valence-corrected chi connectivity index (χ2v) is 10.5. The topological polar surface area (TPSA) is 27.7 Å². The molecular formula is C22H47N3O. The van der Waals surface area contributed by atoms with Gasteiger partial charge in [-0.25, -0.2) is 0 Å². The molecule has 156 valence electrons. The molecule has 0 aromatic heterocycles. The van der Waals surface area contributed by atoms with Gasteiger partial charge in [-0.1, -0.05) is 0 Å². The Morgan fingerprint density at radius 2 is 1.31 bits per heavy atom. The summed E-state index contributed by atoms with van der Waals surface area (Å²) in [6.07, 6.45) is 2.54. The molecule has 4 heteroatoms. The lowest BCUT2D eigenvalue weighted by Crippen LogP contribution is -2.55. The maximum atomic E-state index is 6.05. The van der Waals surface area contributed by atoms with Crippen LogP contribution in [0.4, 0.5) is 0 Å². The third-order valence-corrected chi connectivity index (χ3v) is 5.39. The summed E-state index contributed by atoms with van der Waals surface area (Å²) < 4.78 is 6.05. The van der Waals surface area contributed by atoms with Crippen LogP contribution in [0.1, 0.15) is 82.1 Å². The molecule has 0 aliphatic carbocycles. The van der Waals surface area contributed by atoms with Crippen molar-refractivity contribution in [1.29, 1.82) is 0 Å². The van der Waals surface area contributed by atoms with Crippen molar-refractivity contribution in [3.05, 3.63) is 0 Å². The molecule has 0 aromatic rings. The van der Waals surface area contributed by atoms with E-state index in [2.05, 4.69) is 84.4 Å². The van der Waals surface area contributed by atoms with Crippen LogP contribution in [-0.2, 0) is 4.74 Å². The molecule has 1 fully saturated rings. The maximum absolute atomic E-state index is 6.05. The molecule has 1 aliphatic heterocycles. The fraction of sp³-hybridized carbons (Fsp3) is 1.00. The third-order valence-electron chi connectivity index (χ3n) is 5.39. The Labute approximate surface area is 164 Å². The van der Waals surface area contributed by atoms with Crippen molar-refractivity contribution in [1.82, 2.24) is 15.1 Å². The van der Waals surface area contributed by atoms with Gasteiger partial charge in [0.15, 0.2) is 0 Å². The molecular weight excluding hydrogens is 322 g/mol. The van der Waals surface area contributed by atoms with Gasteiger partial charge in [0.1, 0.15) is 0 Å². The normalized spacial score (nSPS) is 22.8. The summed E-state index contributed by atoms with van der Waals surface area (Å²) in [5.74, 6) is 0. The number of ether oxygens (including phenoxy) is 1. The zero-order valence-electron chi connectivity index (χ0n) is 19.4. The van der Waals surface area contributed by atoms with Crippen molar-refractivity contribution < 1.29 is 4.74 Å². The van der Waals surface area contributed by atoms with Gasteiger partial charge in [0.05, 0.1) is 11.7 Å². The van der Waals surface area contributed by atoms with Crippen molar-refractivity contribution in [3.63, 3.8) is 0 Å². The van der Waals surface area contributed by atoms with Gasteiger partial charge < -0.3 is 10.1 Å². The van der Waals surface area contributed by atoms with Gasteiger partial charge in [-0.15, -0.1) is 0 Å². The predicted molar refractivity (Wildman–Crippen MR) is 114 cm³/mol. The largest absolute Gasteiger partial charge is 0.373 e. The maximum Gasteiger partial charge on any atom is 0.0602 e. The number of hydrogen-bond donors (Lipinski definition) is 1. The molecule has 1 aliphatic rings. The number of nitrogens with one attached hydrogen (secondary N) is 1. The van der Waals surface area contributed by atoms with Gasteiger partial charge in [0, 0.05) is 49.8 Å². The van der Waals surface area contributed by atoms with Gasteiger partial charge in [0.2, 0.25) is 0 Å². The van der Waals surface area contributed by atoms with Crippen molar-refractivity contribution >= 4 is 0 Å². The Balaban J connectivity index is 2.33. The van der Waals surface area contributed by atoms with E-state index in [1.165, 1.54) is 32.6 Å². The molecule has 0 saturated carbocycles. The van der Waals surface area contributed by atoms with Gasteiger partial charge >= 0.3 is 0 Å². The third kappa shape index (κ3) is 9.16. The predicted octanol–water partition coefficient (Wildman–Crippen LogP) is 4.14. The van der Waals surface area contributed by atoms with E-state index in [1.807, 2.05) is 0 Å². The monoisotopic (exact) mass is 369 g/mol. The quantitative estimate of drug-likeness (QED) is 0.696. The van der Waals surface area contributed by atoms with Gasteiger partial charge in [-0.05, 0) is 82.1 Å². The molecule has 0 amide bonds. The summed E-state index contributed by atoms with van der Waals surface area (Å²) in [4.78, 5) is 5.27. The Morgan fingerprint density at radius 1 is 0.808 bits per heavy atom. The number of hydrogen-bond acceptors (Lipinski definition) is 4. The fourth-order valence-corrected chi connectivity index (χ4v) is 4.27. The van der Waals surface area contributed by atoms with Gasteiger partial charge in [-0.3, -0.25) is 9.80 Å². The smallest absolute Gasteiger partial charge is 0.0602 e. The summed E-state index contributed by atoms with van der Waals surface area (Å²) in [5.41, 5.74) is 0.236. The van der Waals surface area contributed by atoms with Crippen LogP contribution in [0.25, 0.3) is 0 Å². The van der Waals surface area contributed by atoms with E-state index in [0.717, 1.165) is 6.42 Å². The first-order chi connectivity index (χ1) is 11.8. The van der Waals surface area contributed by atoms with E-state index in [-0.39, 0.29) is 11.7 Å². The summed E-state index contributed by atoms with van der Waals surface area (Å²) >= 11 is 0. The Morgan fingerprint density at radius 3 is 1.77 bits per heavy atom. The zero-order chi connectivity index (χ0) is 20.1. The first kappa shape index (κ1) is 23.9. The van der Waals surface area contributed by atoms with Crippen LogP contribution < -0.4 is 5.32 Å². The highest BCUT2D eigenvalue weighted by molar-refractivity contribution is 4.85. The van der Waals surface area contributed by atoms with Crippen LogP contribution in [0.5, 0.6) is 0 Å². The molecule has 4 nitrogen and oxygen atoms in total. The van der Waals surface area contributed by atoms with Crippen molar-refractivity contribution in [2.45, 2.75) is 117 Å². The minimum atomic E-state index is -0.0610. The summed E-state index contributed by atoms with van der Waals surface area (Å²) in [6, 6.07) is 1.64. The van der Waals surface area contributed by atoms with Gasteiger partial charge in [-0.2, -0.15) is 0 Å². The lowest BCUT2D eigenvalue weighted by Gasteiger charge is -2.44. The van der Waals surface area contributed by atoms with E-state index in [4.69, 9.17) is 4.74 Å². The van der Waals surface area contributed by atoms with Crippen LogP contribution in [0.2, 0.25) is 0 Å². The SMILES string of the molecule is CC(CC(C)OC(C)(C)C)NC(C)CC(C)N1CCN(C(C)(C)C)CC1. The van der Waals surface area contributed by atoms with Gasteiger partial charge in [0.25, 0.3) is 0 Å². The van der Waals surface area contributed by atoms with E-state index >= 15 is 0 Å². The summed E-state index contributed by atoms with van der Waals surface area (Å²) in [6.45, 7) is 27.3. The first-order valence-corrected chi connectivity index (χ1v) is 10.7. The zero-order valence-corrected chi connectivity index (χ0v) is 19.4. The average Bonchev–Trinajstić information content (AvgIpc) is 2.43. The number of nitrogens with zero attached hydrogens (tertiary/aromatic N) is 2. The van der Waals surface area contributed by atoms with Crippen LogP contribution in [0.3, 0.4) is 0 Å². The Hall–Kier alpha value is -0.160. The van der Waals surface area contributed by atoms with E-state index < -0.39 is 0 Å². The number of rotatable bonds is 8. The minimum Gasteiger partial charge on any atom is -0.373 e. The van der Waals surface area contributed by atoms with E-state index in [9.17, 15) is 0 Å². The van der Waals surface area contributed by atoms with Crippen molar-refractivity contribution in [2.24, 2.45) is 0 Å². The van der Waals surface area contributed by atoms with Crippen molar-refractivity contribution in [3.8, 4) is 0 Å². The molecule has 4 unspecified atom stereocenters. The second kappa shape index (κ2) is 9.86. The number of piperazine rings is 1. The van der Waals surface area contributed by atoms with E-state index in [0.29, 0.717) is 23.7 Å². The molecule has 1 saturated heterocycles.